The van der Waals surface area contributed by atoms with Crippen LogP contribution in [0.15, 0.2) is 0 Å². The van der Waals surface area contributed by atoms with Crippen molar-refractivity contribution in [2.45, 2.75) is 57.4 Å². The van der Waals surface area contributed by atoms with Crippen molar-refractivity contribution in [1.82, 2.24) is 4.90 Å². The van der Waals surface area contributed by atoms with Gasteiger partial charge in [-0.3, -0.25) is 4.79 Å². The minimum absolute atomic E-state index is 0.0716. The van der Waals surface area contributed by atoms with Gasteiger partial charge in [-0.1, -0.05) is 6.42 Å². The highest BCUT2D eigenvalue weighted by Crippen LogP contribution is 2.38. The summed E-state index contributed by atoms with van der Waals surface area (Å²) in [4.78, 5) is 13.8. The lowest BCUT2D eigenvalue weighted by atomic mass is 9.66. The molecule has 7 heteroatoms. The van der Waals surface area contributed by atoms with Crippen molar-refractivity contribution < 1.29 is 19.9 Å². The lowest BCUT2D eigenvalue weighted by molar-refractivity contribution is -0.148. The van der Waals surface area contributed by atoms with Crippen molar-refractivity contribution in [3.8, 4) is 0 Å². The Morgan fingerprint density at radius 1 is 1.43 bits per heavy atom. The summed E-state index contributed by atoms with van der Waals surface area (Å²) in [6, 6.07) is 0.352. The SMILES string of the molecule is CC(C)N(C)C[C@H]1CC[C@H](CCB(O)O)C[C@@]1(N)C(=O)O. The standard InChI is InChI=1S/C14H29BN2O4/c1-10(2)17(3)9-12-5-4-11(6-7-15(20)21)8-14(12,16)13(18)19/h10-12,20-21H,4-9,16H2,1-3H3,(H,18,19)/t11-,12-,14+/m1/s1. The van der Waals surface area contributed by atoms with E-state index in [1.54, 1.807) is 0 Å². The molecule has 0 spiro atoms. The molecule has 0 aromatic heterocycles. The molecule has 122 valence electrons. The minimum atomic E-state index is -1.33. The van der Waals surface area contributed by atoms with Crippen LogP contribution in [0.3, 0.4) is 0 Å². The summed E-state index contributed by atoms with van der Waals surface area (Å²) in [5.74, 6) is -0.870. The van der Waals surface area contributed by atoms with E-state index in [0.29, 0.717) is 25.4 Å². The molecule has 0 bridgehead atoms. The topological polar surface area (TPSA) is 107 Å². The average molecular weight is 300 g/mol. The third-order valence-corrected chi connectivity index (χ3v) is 4.90. The quantitative estimate of drug-likeness (QED) is 0.507. The molecule has 0 saturated heterocycles. The second kappa shape index (κ2) is 7.58. The van der Waals surface area contributed by atoms with Gasteiger partial charge in [-0.25, -0.2) is 0 Å². The first-order valence-electron chi connectivity index (χ1n) is 7.75. The van der Waals surface area contributed by atoms with Gasteiger partial charge in [0, 0.05) is 18.5 Å². The van der Waals surface area contributed by atoms with Crippen LogP contribution in [0.1, 0.15) is 39.5 Å². The predicted molar refractivity (Wildman–Crippen MR) is 82.8 cm³/mol. The molecule has 6 nitrogen and oxygen atoms in total. The number of carboxylic acids is 1. The molecule has 1 fully saturated rings. The van der Waals surface area contributed by atoms with Crippen LogP contribution in [0.2, 0.25) is 6.32 Å². The highest BCUT2D eigenvalue weighted by molar-refractivity contribution is 6.40. The first-order valence-corrected chi connectivity index (χ1v) is 7.75. The Morgan fingerprint density at radius 3 is 2.52 bits per heavy atom. The number of aliphatic carboxylic acids is 1. The van der Waals surface area contributed by atoms with Crippen LogP contribution in [0.25, 0.3) is 0 Å². The Balaban J connectivity index is 2.72. The highest BCUT2D eigenvalue weighted by atomic mass is 16.4. The average Bonchev–Trinajstić information content (AvgIpc) is 2.38. The molecular weight excluding hydrogens is 271 g/mol. The van der Waals surface area contributed by atoms with Crippen molar-refractivity contribution in [3.63, 3.8) is 0 Å². The normalized spacial score (nSPS) is 29.9. The molecule has 0 radical (unpaired) electrons. The summed E-state index contributed by atoms with van der Waals surface area (Å²) in [6.45, 7) is 4.83. The Hall–Kier alpha value is -0.625. The maximum absolute atomic E-state index is 11.7. The van der Waals surface area contributed by atoms with E-state index < -0.39 is 18.6 Å². The Kier molecular flexibility index (Phi) is 6.65. The third-order valence-electron chi connectivity index (χ3n) is 4.90. The van der Waals surface area contributed by atoms with Crippen molar-refractivity contribution in [3.05, 3.63) is 0 Å². The number of carbonyl (C=O) groups is 1. The first-order chi connectivity index (χ1) is 9.66. The van der Waals surface area contributed by atoms with Crippen LogP contribution < -0.4 is 5.73 Å². The molecule has 1 aliphatic carbocycles. The number of rotatable bonds is 7. The summed E-state index contributed by atoms with van der Waals surface area (Å²) in [7, 11) is 0.660. The van der Waals surface area contributed by atoms with Crippen LogP contribution >= 0.6 is 0 Å². The van der Waals surface area contributed by atoms with E-state index in [2.05, 4.69) is 18.7 Å². The summed E-state index contributed by atoms with van der Waals surface area (Å²) in [5, 5.41) is 27.5. The smallest absolute Gasteiger partial charge is 0.451 e. The van der Waals surface area contributed by atoms with Gasteiger partial charge in [-0.15, -0.1) is 0 Å². The first kappa shape index (κ1) is 18.4. The van der Waals surface area contributed by atoms with Crippen LogP contribution in [0.5, 0.6) is 0 Å². The van der Waals surface area contributed by atoms with E-state index in [-0.39, 0.29) is 18.2 Å². The van der Waals surface area contributed by atoms with Gasteiger partial charge in [0.15, 0.2) is 0 Å². The Labute approximate surface area is 127 Å². The Bertz CT molecular complexity index is 354. The number of hydrogen-bond donors (Lipinski definition) is 4. The van der Waals surface area contributed by atoms with E-state index in [9.17, 15) is 9.90 Å². The highest BCUT2D eigenvalue weighted by Gasteiger charge is 2.47. The summed E-state index contributed by atoms with van der Waals surface area (Å²) < 4.78 is 0. The van der Waals surface area contributed by atoms with Crippen molar-refractivity contribution >= 4 is 13.1 Å². The molecule has 1 aliphatic rings. The zero-order valence-electron chi connectivity index (χ0n) is 13.3. The molecule has 0 unspecified atom stereocenters. The van der Waals surface area contributed by atoms with Crippen LogP contribution in [-0.2, 0) is 4.79 Å². The molecule has 1 rings (SSSR count). The number of nitrogens with two attached hydrogens (primary N) is 1. The molecule has 0 heterocycles. The van der Waals surface area contributed by atoms with Crippen molar-refractivity contribution in [2.75, 3.05) is 13.6 Å². The number of hydrogen-bond acceptors (Lipinski definition) is 5. The molecule has 1 saturated carbocycles. The van der Waals surface area contributed by atoms with Crippen LogP contribution in [0.4, 0.5) is 0 Å². The largest absolute Gasteiger partial charge is 0.480 e. The van der Waals surface area contributed by atoms with Gasteiger partial charge in [-0.05, 0) is 52.4 Å². The zero-order valence-corrected chi connectivity index (χ0v) is 13.3. The molecule has 0 amide bonds. The van der Waals surface area contributed by atoms with Gasteiger partial charge < -0.3 is 25.8 Å². The second-order valence-corrected chi connectivity index (χ2v) is 6.78. The van der Waals surface area contributed by atoms with Gasteiger partial charge in [0.05, 0.1) is 0 Å². The van der Waals surface area contributed by atoms with E-state index in [4.69, 9.17) is 15.8 Å². The second-order valence-electron chi connectivity index (χ2n) is 6.78. The summed E-state index contributed by atoms with van der Waals surface area (Å²) in [5.41, 5.74) is 5.02. The van der Waals surface area contributed by atoms with E-state index >= 15 is 0 Å². The summed E-state index contributed by atoms with van der Waals surface area (Å²) in [6.07, 6.45) is 2.96. The van der Waals surface area contributed by atoms with Gasteiger partial charge >= 0.3 is 13.1 Å². The molecule has 0 aromatic carbocycles. The van der Waals surface area contributed by atoms with Gasteiger partial charge in [0.25, 0.3) is 0 Å². The van der Waals surface area contributed by atoms with Gasteiger partial charge in [0.2, 0.25) is 0 Å². The fourth-order valence-electron chi connectivity index (χ4n) is 3.15. The van der Waals surface area contributed by atoms with Crippen molar-refractivity contribution in [2.24, 2.45) is 17.6 Å². The lowest BCUT2D eigenvalue weighted by Crippen LogP contribution is -2.60. The van der Waals surface area contributed by atoms with E-state index in [0.717, 1.165) is 12.8 Å². The fraction of sp³-hybridized carbons (Fsp3) is 0.929. The molecule has 21 heavy (non-hydrogen) atoms. The van der Waals surface area contributed by atoms with E-state index in [1.807, 2.05) is 7.05 Å². The molecule has 5 N–H and O–H groups in total. The predicted octanol–water partition coefficient (Wildman–Crippen LogP) is 0.388. The zero-order chi connectivity index (χ0) is 16.2. The van der Waals surface area contributed by atoms with Gasteiger partial charge in [-0.2, -0.15) is 0 Å². The van der Waals surface area contributed by atoms with Gasteiger partial charge in [0.1, 0.15) is 5.54 Å². The minimum Gasteiger partial charge on any atom is -0.480 e. The van der Waals surface area contributed by atoms with Crippen LogP contribution in [-0.4, -0.2) is 58.3 Å². The maximum Gasteiger partial charge on any atom is 0.451 e. The Morgan fingerprint density at radius 2 is 2.05 bits per heavy atom. The third kappa shape index (κ3) is 4.95. The molecule has 0 aliphatic heterocycles. The van der Waals surface area contributed by atoms with E-state index in [1.165, 1.54) is 0 Å². The number of nitrogens with zero attached hydrogens (tertiary/aromatic N) is 1. The molecule has 3 atom stereocenters. The molecule has 0 aromatic rings. The molecular formula is C14H29BN2O4. The summed E-state index contributed by atoms with van der Waals surface area (Å²) >= 11 is 0. The lowest BCUT2D eigenvalue weighted by Gasteiger charge is -2.43. The fourth-order valence-corrected chi connectivity index (χ4v) is 3.15. The van der Waals surface area contributed by atoms with Crippen molar-refractivity contribution in [1.29, 1.82) is 0 Å². The van der Waals surface area contributed by atoms with Crippen LogP contribution in [0, 0.1) is 11.8 Å². The number of carboxylic acid groups (broad SMARTS) is 1. The maximum atomic E-state index is 11.7. The monoisotopic (exact) mass is 300 g/mol.